The number of nitro benzene ring substituents is 1. The molecule has 1 aliphatic rings. The monoisotopic (exact) mass is 492 g/mol. The van der Waals surface area contributed by atoms with Crippen LogP contribution < -0.4 is 0 Å². The number of non-ortho nitro benzene ring substituents is 1. The highest BCUT2D eigenvalue weighted by Crippen LogP contribution is 2.37. The van der Waals surface area contributed by atoms with E-state index < -0.39 is 21.9 Å². The number of rotatable bonds is 5. The Morgan fingerprint density at radius 2 is 1.91 bits per heavy atom. The van der Waals surface area contributed by atoms with Gasteiger partial charge in [-0.15, -0.1) is 0 Å². The number of imide groups is 1. The molecular formula is C21H11Cl2FN2O5S. The number of furan rings is 1. The first-order chi connectivity index (χ1) is 15.2. The van der Waals surface area contributed by atoms with E-state index in [2.05, 4.69) is 0 Å². The number of thioether (sulfide) groups is 1. The molecule has 1 fully saturated rings. The highest BCUT2D eigenvalue weighted by molar-refractivity contribution is 8.18. The number of nitro groups is 1. The molecule has 3 aromatic rings. The van der Waals surface area contributed by atoms with Crippen LogP contribution in [0.15, 0.2) is 57.9 Å². The van der Waals surface area contributed by atoms with Crippen molar-refractivity contribution in [2.75, 3.05) is 0 Å². The van der Waals surface area contributed by atoms with E-state index in [1.807, 2.05) is 0 Å². The molecule has 32 heavy (non-hydrogen) atoms. The van der Waals surface area contributed by atoms with Crippen molar-refractivity contribution in [3.05, 3.63) is 90.7 Å². The van der Waals surface area contributed by atoms with Gasteiger partial charge in [0.05, 0.1) is 21.4 Å². The summed E-state index contributed by atoms with van der Waals surface area (Å²) in [6, 6.07) is 11.1. The van der Waals surface area contributed by atoms with Gasteiger partial charge in [0.2, 0.25) is 0 Å². The summed E-state index contributed by atoms with van der Waals surface area (Å²) in [5.41, 5.74) is 0.191. The van der Waals surface area contributed by atoms with Gasteiger partial charge in [0.15, 0.2) is 0 Å². The highest BCUT2D eigenvalue weighted by atomic mass is 35.5. The summed E-state index contributed by atoms with van der Waals surface area (Å²) in [4.78, 5) is 36.5. The van der Waals surface area contributed by atoms with Gasteiger partial charge in [0.1, 0.15) is 17.3 Å². The number of halogens is 3. The largest absolute Gasteiger partial charge is 0.457 e. The van der Waals surface area contributed by atoms with Crippen molar-refractivity contribution in [1.82, 2.24) is 4.90 Å². The molecule has 0 aliphatic carbocycles. The molecule has 162 valence electrons. The number of carbonyl (C=O) groups excluding carboxylic acids is 2. The number of hydrogen-bond donors (Lipinski definition) is 0. The van der Waals surface area contributed by atoms with Crippen molar-refractivity contribution in [3.8, 4) is 11.3 Å². The average Bonchev–Trinajstić information content (AvgIpc) is 3.30. The van der Waals surface area contributed by atoms with Crippen molar-refractivity contribution >= 4 is 57.9 Å². The fourth-order valence-corrected chi connectivity index (χ4v) is 4.25. The second-order valence-electron chi connectivity index (χ2n) is 6.59. The maximum absolute atomic E-state index is 14.1. The van der Waals surface area contributed by atoms with Crippen LogP contribution in [0.5, 0.6) is 0 Å². The van der Waals surface area contributed by atoms with Gasteiger partial charge in [0, 0.05) is 34.4 Å². The topological polar surface area (TPSA) is 93.7 Å². The Hall–Kier alpha value is -3.14. The van der Waals surface area contributed by atoms with Crippen LogP contribution in [0.2, 0.25) is 10.0 Å². The zero-order valence-electron chi connectivity index (χ0n) is 15.9. The lowest BCUT2D eigenvalue weighted by Crippen LogP contribution is -2.28. The Morgan fingerprint density at radius 3 is 2.62 bits per heavy atom. The van der Waals surface area contributed by atoms with Crippen molar-refractivity contribution < 1.29 is 23.3 Å². The van der Waals surface area contributed by atoms with Gasteiger partial charge in [-0.05, 0) is 42.1 Å². The van der Waals surface area contributed by atoms with Crippen LogP contribution >= 0.6 is 35.0 Å². The maximum atomic E-state index is 14.1. The SMILES string of the molecule is O=C1S/C(=C\c2ccc(-c3cc([N+](=O)[O-])ccc3Cl)o2)C(=O)N1Cc1c(F)cccc1Cl. The Bertz CT molecular complexity index is 1290. The van der Waals surface area contributed by atoms with E-state index in [1.165, 1.54) is 48.5 Å². The molecule has 11 heteroatoms. The summed E-state index contributed by atoms with van der Waals surface area (Å²) in [5.74, 6) is -0.755. The molecule has 0 unspecified atom stereocenters. The molecule has 2 aromatic carbocycles. The van der Waals surface area contributed by atoms with Crippen LogP contribution in [-0.2, 0) is 11.3 Å². The summed E-state index contributed by atoms with van der Waals surface area (Å²) >= 11 is 12.8. The molecule has 2 heterocycles. The fourth-order valence-electron chi connectivity index (χ4n) is 3.00. The normalized spacial score (nSPS) is 15.1. The molecule has 0 saturated carbocycles. The summed E-state index contributed by atoms with van der Waals surface area (Å²) < 4.78 is 19.7. The van der Waals surface area contributed by atoms with Crippen LogP contribution in [0.3, 0.4) is 0 Å². The highest BCUT2D eigenvalue weighted by Gasteiger charge is 2.36. The van der Waals surface area contributed by atoms with Crippen LogP contribution in [0, 0.1) is 15.9 Å². The molecule has 1 aromatic heterocycles. The predicted octanol–water partition coefficient (Wildman–Crippen LogP) is 6.54. The number of amides is 2. The smallest absolute Gasteiger partial charge is 0.293 e. The Balaban J connectivity index is 1.59. The first-order valence-corrected chi connectivity index (χ1v) is 10.5. The van der Waals surface area contributed by atoms with E-state index in [-0.39, 0.29) is 44.3 Å². The molecule has 1 aliphatic heterocycles. The van der Waals surface area contributed by atoms with Gasteiger partial charge in [-0.3, -0.25) is 24.6 Å². The van der Waals surface area contributed by atoms with E-state index in [9.17, 15) is 24.1 Å². The van der Waals surface area contributed by atoms with Crippen LogP contribution in [0.1, 0.15) is 11.3 Å². The van der Waals surface area contributed by atoms with Crippen LogP contribution in [0.4, 0.5) is 14.9 Å². The lowest BCUT2D eigenvalue weighted by atomic mass is 10.1. The minimum absolute atomic E-state index is 0.0401. The van der Waals surface area contributed by atoms with Crippen LogP contribution in [-0.4, -0.2) is 21.0 Å². The fraction of sp³-hybridized carbons (Fsp3) is 0.0476. The summed E-state index contributed by atoms with van der Waals surface area (Å²) in [7, 11) is 0. The molecular weight excluding hydrogens is 482 g/mol. The Labute approximate surface area is 194 Å². The third-order valence-corrected chi connectivity index (χ3v) is 6.17. The second kappa shape index (κ2) is 8.78. The first kappa shape index (κ1) is 22.1. The van der Waals surface area contributed by atoms with Crippen LogP contribution in [0.25, 0.3) is 17.4 Å². The Kier molecular flexibility index (Phi) is 6.05. The molecule has 0 N–H and O–H groups in total. The Morgan fingerprint density at radius 1 is 1.12 bits per heavy atom. The number of carbonyl (C=O) groups is 2. The standard InChI is InChI=1S/C21H11Cl2FN2O5S/c22-15-2-1-3-17(24)14(15)10-25-20(27)19(32-21(25)28)9-12-5-7-18(31-12)13-8-11(26(29)30)4-6-16(13)23/h1-9H,10H2/b19-9-. The summed E-state index contributed by atoms with van der Waals surface area (Å²) in [6.45, 7) is -0.305. The zero-order valence-corrected chi connectivity index (χ0v) is 18.2. The first-order valence-electron chi connectivity index (χ1n) is 8.97. The van der Waals surface area contributed by atoms with Gasteiger partial charge < -0.3 is 4.42 Å². The van der Waals surface area contributed by atoms with Crippen molar-refractivity contribution in [3.63, 3.8) is 0 Å². The quantitative estimate of drug-likeness (QED) is 0.228. The van der Waals surface area contributed by atoms with E-state index in [1.54, 1.807) is 6.07 Å². The minimum atomic E-state index is -0.620. The summed E-state index contributed by atoms with van der Waals surface area (Å²) in [6.07, 6.45) is 1.36. The third-order valence-electron chi connectivity index (χ3n) is 4.58. The lowest BCUT2D eigenvalue weighted by Gasteiger charge is -2.14. The maximum Gasteiger partial charge on any atom is 0.293 e. The predicted molar refractivity (Wildman–Crippen MR) is 119 cm³/mol. The van der Waals surface area contributed by atoms with Gasteiger partial charge in [-0.2, -0.15) is 0 Å². The molecule has 0 spiro atoms. The molecule has 0 radical (unpaired) electrons. The lowest BCUT2D eigenvalue weighted by molar-refractivity contribution is -0.384. The van der Waals surface area contributed by atoms with E-state index >= 15 is 0 Å². The average molecular weight is 493 g/mol. The van der Waals surface area contributed by atoms with Gasteiger partial charge in [0.25, 0.3) is 16.8 Å². The molecule has 7 nitrogen and oxygen atoms in total. The second-order valence-corrected chi connectivity index (χ2v) is 8.40. The van der Waals surface area contributed by atoms with E-state index in [0.29, 0.717) is 17.3 Å². The number of benzene rings is 2. The third kappa shape index (κ3) is 4.27. The van der Waals surface area contributed by atoms with Gasteiger partial charge >= 0.3 is 0 Å². The molecule has 0 atom stereocenters. The van der Waals surface area contributed by atoms with Crippen molar-refractivity contribution in [1.29, 1.82) is 0 Å². The number of nitrogens with zero attached hydrogens (tertiary/aromatic N) is 2. The molecule has 1 saturated heterocycles. The van der Waals surface area contributed by atoms with E-state index in [0.717, 1.165) is 4.90 Å². The number of hydrogen-bond acceptors (Lipinski definition) is 6. The van der Waals surface area contributed by atoms with Gasteiger partial charge in [-0.1, -0.05) is 29.3 Å². The molecule has 0 bridgehead atoms. The zero-order chi connectivity index (χ0) is 23.0. The molecule has 4 rings (SSSR count). The molecule has 2 amide bonds. The van der Waals surface area contributed by atoms with E-state index in [4.69, 9.17) is 27.6 Å². The van der Waals surface area contributed by atoms with Crippen molar-refractivity contribution in [2.45, 2.75) is 6.54 Å². The van der Waals surface area contributed by atoms with Gasteiger partial charge in [-0.25, -0.2) is 4.39 Å². The minimum Gasteiger partial charge on any atom is -0.457 e. The van der Waals surface area contributed by atoms with Crippen molar-refractivity contribution in [2.24, 2.45) is 0 Å². The summed E-state index contributed by atoms with van der Waals surface area (Å²) in [5, 5.41) is 10.8.